The Morgan fingerprint density at radius 3 is 2.35 bits per heavy atom. The van der Waals surface area contributed by atoms with Crippen molar-refractivity contribution >= 4 is 0 Å². The van der Waals surface area contributed by atoms with Gasteiger partial charge >= 0.3 is 11.7 Å². The summed E-state index contributed by atoms with van der Waals surface area (Å²) in [6.45, 7) is 0. The quantitative estimate of drug-likeness (QED) is 0.541. The highest BCUT2D eigenvalue weighted by molar-refractivity contribution is 5.55. The van der Waals surface area contributed by atoms with Crippen LogP contribution in [0.3, 0.4) is 0 Å². The summed E-state index contributed by atoms with van der Waals surface area (Å²) in [5, 5.41) is 16.1. The number of rotatable bonds is 3. The molecule has 1 heterocycles. The molecule has 5 heteroatoms. The van der Waals surface area contributed by atoms with Gasteiger partial charge in [0.1, 0.15) is 5.75 Å². The van der Waals surface area contributed by atoms with Crippen molar-refractivity contribution < 1.29 is 14.0 Å². The molecule has 100 valence electrons. The molecule has 0 bridgehead atoms. The van der Waals surface area contributed by atoms with Gasteiger partial charge in [-0.3, -0.25) is 0 Å². The third-order valence-corrected chi connectivity index (χ3v) is 2.96. The van der Waals surface area contributed by atoms with Crippen molar-refractivity contribution in [3.8, 4) is 28.6 Å². The van der Waals surface area contributed by atoms with Gasteiger partial charge in [-0.1, -0.05) is 18.2 Å². The van der Waals surface area contributed by atoms with Gasteiger partial charge in [0.15, 0.2) is 5.16 Å². The summed E-state index contributed by atoms with van der Waals surface area (Å²) < 4.78 is 10.9. The maximum atomic E-state index is 12.3. The average Bonchev–Trinajstić information content (AvgIpc) is 2.90. The highest BCUT2D eigenvalue weighted by Gasteiger charge is 2.22. The molecule has 0 spiro atoms. The van der Waals surface area contributed by atoms with Crippen LogP contribution in [-0.2, 0) is 0 Å². The van der Waals surface area contributed by atoms with E-state index >= 15 is 0 Å². The van der Waals surface area contributed by atoms with Crippen LogP contribution in [0.15, 0.2) is 59.1 Å². The van der Waals surface area contributed by atoms with Crippen molar-refractivity contribution in [2.24, 2.45) is 0 Å². The first-order valence-corrected chi connectivity index (χ1v) is 6.08. The van der Waals surface area contributed by atoms with E-state index in [-0.39, 0.29) is 11.7 Å². The fourth-order valence-corrected chi connectivity index (χ4v) is 1.92. The first kappa shape index (κ1) is 12.2. The third kappa shape index (κ3) is 2.09. The van der Waals surface area contributed by atoms with Gasteiger partial charge in [0.25, 0.3) is 0 Å². The van der Waals surface area contributed by atoms with Crippen LogP contribution in [-0.4, -0.2) is 12.3 Å². The molecule has 0 aliphatic heterocycles. The SMILES string of the molecule is COc1ccc(-c2onc(-c3ccccc3)[n+]2[O-])cc1. The molecule has 0 unspecified atom stereocenters. The monoisotopic (exact) mass is 268 g/mol. The van der Waals surface area contributed by atoms with Crippen LogP contribution in [0.1, 0.15) is 0 Å². The van der Waals surface area contributed by atoms with Crippen molar-refractivity contribution in [2.45, 2.75) is 0 Å². The predicted octanol–water partition coefficient (Wildman–Crippen LogP) is 2.65. The Labute approximate surface area is 115 Å². The van der Waals surface area contributed by atoms with E-state index in [9.17, 15) is 5.21 Å². The Morgan fingerprint density at radius 2 is 1.70 bits per heavy atom. The van der Waals surface area contributed by atoms with Gasteiger partial charge in [0, 0.05) is 0 Å². The molecule has 0 saturated heterocycles. The maximum Gasteiger partial charge on any atom is 0.383 e. The van der Waals surface area contributed by atoms with Crippen LogP contribution in [0.4, 0.5) is 0 Å². The van der Waals surface area contributed by atoms with Gasteiger partial charge in [-0.15, -0.1) is 0 Å². The van der Waals surface area contributed by atoms with E-state index in [2.05, 4.69) is 5.16 Å². The summed E-state index contributed by atoms with van der Waals surface area (Å²) in [5.41, 5.74) is 1.36. The molecule has 5 nitrogen and oxygen atoms in total. The van der Waals surface area contributed by atoms with Gasteiger partial charge in [0.2, 0.25) is 0 Å². The lowest BCUT2D eigenvalue weighted by Gasteiger charge is -2.03. The average molecular weight is 268 g/mol. The number of aromatic nitrogens is 2. The molecule has 0 aliphatic carbocycles. The molecular formula is C15H12N2O3. The number of methoxy groups -OCH3 is 1. The fourth-order valence-electron chi connectivity index (χ4n) is 1.92. The smallest absolute Gasteiger partial charge is 0.383 e. The van der Waals surface area contributed by atoms with E-state index < -0.39 is 0 Å². The van der Waals surface area contributed by atoms with Gasteiger partial charge < -0.3 is 9.94 Å². The van der Waals surface area contributed by atoms with Crippen molar-refractivity contribution in [2.75, 3.05) is 7.11 Å². The second-order valence-corrected chi connectivity index (χ2v) is 4.20. The van der Waals surface area contributed by atoms with E-state index in [1.807, 2.05) is 30.3 Å². The molecular weight excluding hydrogens is 256 g/mol. The first-order valence-electron chi connectivity index (χ1n) is 6.08. The van der Waals surface area contributed by atoms with Crippen LogP contribution in [0.5, 0.6) is 5.75 Å². The molecule has 3 rings (SSSR count). The maximum absolute atomic E-state index is 12.3. The minimum absolute atomic E-state index is 0.159. The summed E-state index contributed by atoms with van der Waals surface area (Å²) in [6.07, 6.45) is 0. The third-order valence-electron chi connectivity index (χ3n) is 2.96. The predicted molar refractivity (Wildman–Crippen MR) is 72.9 cm³/mol. The normalized spacial score (nSPS) is 10.4. The summed E-state index contributed by atoms with van der Waals surface area (Å²) in [6, 6.07) is 16.2. The Morgan fingerprint density at radius 1 is 1.00 bits per heavy atom. The minimum Gasteiger partial charge on any atom is -0.708 e. The molecule has 0 amide bonds. The Kier molecular flexibility index (Phi) is 3.09. The number of ether oxygens (including phenoxy) is 1. The second kappa shape index (κ2) is 5.05. The molecule has 3 aromatic rings. The minimum atomic E-state index is 0.159. The zero-order valence-electron chi connectivity index (χ0n) is 10.8. The summed E-state index contributed by atoms with van der Waals surface area (Å²) in [4.78, 5) is 0. The van der Waals surface area contributed by atoms with E-state index in [0.29, 0.717) is 21.6 Å². The van der Waals surface area contributed by atoms with Crippen LogP contribution in [0.2, 0.25) is 0 Å². The van der Waals surface area contributed by atoms with E-state index in [4.69, 9.17) is 9.26 Å². The number of hydrogen-bond acceptors (Lipinski definition) is 4. The molecule has 0 atom stereocenters. The largest absolute Gasteiger partial charge is 0.708 e. The molecule has 0 aliphatic rings. The Bertz CT molecular complexity index is 706. The molecule has 0 fully saturated rings. The van der Waals surface area contributed by atoms with Gasteiger partial charge in [0.05, 0.1) is 18.2 Å². The van der Waals surface area contributed by atoms with Crippen LogP contribution < -0.4 is 9.47 Å². The standard InChI is InChI=1S/C15H12N2O3/c1-19-13-9-7-12(8-10-13)15-17(18)14(16-20-15)11-5-3-2-4-6-11/h2-10H,1H3. The first-order chi connectivity index (χ1) is 9.79. The summed E-state index contributed by atoms with van der Waals surface area (Å²) >= 11 is 0. The zero-order chi connectivity index (χ0) is 13.9. The van der Waals surface area contributed by atoms with Crippen molar-refractivity contribution in [1.82, 2.24) is 5.16 Å². The lowest BCUT2D eigenvalue weighted by molar-refractivity contribution is -0.585. The second-order valence-electron chi connectivity index (χ2n) is 4.20. The fraction of sp³-hybridized carbons (Fsp3) is 0.0667. The van der Waals surface area contributed by atoms with Gasteiger partial charge in [-0.25, -0.2) is 4.52 Å². The topological polar surface area (TPSA) is 62.2 Å². The number of hydrogen-bond donors (Lipinski definition) is 0. The lowest BCUT2D eigenvalue weighted by atomic mass is 10.2. The van der Waals surface area contributed by atoms with Gasteiger partial charge in [-0.05, 0) is 36.4 Å². The highest BCUT2D eigenvalue weighted by atomic mass is 16.5. The molecule has 2 aromatic carbocycles. The molecule has 20 heavy (non-hydrogen) atoms. The molecule has 0 radical (unpaired) electrons. The van der Waals surface area contributed by atoms with Crippen molar-refractivity contribution in [3.05, 3.63) is 59.8 Å². The van der Waals surface area contributed by atoms with E-state index in [1.54, 1.807) is 31.4 Å². The van der Waals surface area contributed by atoms with Crippen LogP contribution >= 0.6 is 0 Å². The zero-order valence-corrected chi connectivity index (χ0v) is 10.8. The summed E-state index contributed by atoms with van der Waals surface area (Å²) in [7, 11) is 1.59. The number of nitrogens with zero attached hydrogens (tertiary/aromatic N) is 2. The molecule has 0 saturated carbocycles. The van der Waals surface area contributed by atoms with Crippen molar-refractivity contribution in [3.63, 3.8) is 0 Å². The number of benzene rings is 2. The van der Waals surface area contributed by atoms with Gasteiger partial charge in [-0.2, -0.15) is 4.73 Å². The van der Waals surface area contributed by atoms with E-state index in [1.165, 1.54) is 0 Å². The molecule has 0 N–H and O–H groups in total. The van der Waals surface area contributed by atoms with E-state index in [0.717, 1.165) is 0 Å². The lowest BCUT2D eigenvalue weighted by Crippen LogP contribution is -2.29. The highest BCUT2D eigenvalue weighted by Crippen LogP contribution is 2.22. The summed E-state index contributed by atoms with van der Waals surface area (Å²) in [5.74, 6) is 1.12. The Hall–Kier alpha value is -2.82. The molecule has 1 aromatic heterocycles. The van der Waals surface area contributed by atoms with Crippen LogP contribution in [0, 0.1) is 5.21 Å². The van der Waals surface area contributed by atoms with Crippen molar-refractivity contribution in [1.29, 1.82) is 0 Å². The van der Waals surface area contributed by atoms with Crippen LogP contribution in [0.25, 0.3) is 22.8 Å². The Balaban J connectivity index is 2.01.